The van der Waals surface area contributed by atoms with Crippen LogP contribution in [0, 0.1) is 41.5 Å². The molecule has 0 saturated carbocycles. The molecule has 0 aromatic heterocycles. The molecule has 14 nitrogen and oxygen atoms in total. The van der Waals surface area contributed by atoms with Gasteiger partial charge in [0, 0.05) is 224 Å². The van der Waals surface area contributed by atoms with E-state index in [4.69, 9.17) is 0 Å². The molecule has 0 amide bonds. The van der Waals surface area contributed by atoms with Gasteiger partial charge in [0.05, 0.1) is 0 Å². The lowest BCUT2D eigenvalue weighted by Gasteiger charge is -2.28. The van der Waals surface area contributed by atoms with E-state index in [0.29, 0.717) is 100 Å². The van der Waals surface area contributed by atoms with E-state index < -0.39 is 0 Å². The van der Waals surface area contributed by atoms with Crippen molar-refractivity contribution in [2.45, 2.75) is 146 Å². The van der Waals surface area contributed by atoms with Crippen molar-refractivity contribution < 1.29 is 35.7 Å². The van der Waals surface area contributed by atoms with Crippen molar-refractivity contribution in [2.24, 2.45) is 0 Å². The predicted octanol–water partition coefficient (Wildman–Crippen LogP) is 21.7. The van der Waals surface area contributed by atoms with Gasteiger partial charge in [0.25, 0.3) is 0 Å². The van der Waals surface area contributed by atoms with Gasteiger partial charge in [-0.3, -0.25) is 0 Å². The first-order valence-corrected chi connectivity index (χ1v) is 54.6. The largest absolute Gasteiger partial charge is 0.507 e. The minimum Gasteiger partial charge on any atom is -0.507 e. The average Bonchev–Trinajstić information content (AvgIpc) is 0.779. The van der Waals surface area contributed by atoms with Crippen LogP contribution < -0.4 is 109 Å². The molecule has 0 spiro atoms. The second-order valence-electron chi connectivity index (χ2n) is 41.1. The van der Waals surface area contributed by atoms with Crippen LogP contribution in [0.5, 0.6) is 40.2 Å². The Balaban J connectivity index is 0.000000202. The van der Waals surface area contributed by atoms with Crippen molar-refractivity contribution in [3.63, 3.8) is 0 Å². The molecule has 0 saturated heterocycles. The Bertz CT molecular complexity index is 6360. The number of benzene rings is 14. The SMILES string of the molecule is CN(C)c1ccccc1Pc1cc(C(C)(C)C)cc(C(C)(C)C)c1O.CN(C)c1ccccc1Pc1ccccc1O.Cc1cc(C(C)(C)C)cc(Pc2ccccc2N(C)C)c1O.Cc1cc(C)c(O)c(Pc2ccccc2N(C)C)c1.Cc1cc(Pc2ccccc2N(C)C)c(O)c(C(C)(C)C)c1.Cc1ccc(O)c(Pc2ccccc2N(C)C)c1.Cc1cccc(Pc2ccccc2N(C)C)c1O. The fourth-order valence-corrected chi connectivity index (χ4v) is 25.4. The molecule has 14 rings (SSSR count). The third kappa shape index (κ3) is 34.0. The zero-order valence-electron chi connectivity index (χ0n) is 89.3. The quantitative estimate of drug-likeness (QED) is 0.0340. The standard InChI is InChI=1S/C22H32NOP.2C19H26NOP.C16H20NOP.2C15H18NOP.C14H16NOP/c1-21(2,3)15-13-16(22(4,5)6)20(24)19(14-15)25-18-12-10-9-11-17(18)23(7)8;1-13-11-14(19(2,3)4)12-17(18(13)21)22-16-10-8-7-9-15(16)20(5)6;1-13-11-14(19(2,3)4)18(21)17(12-13)22-16-10-8-7-9-15(16)20(5)6;1-11-9-12(2)16(18)15(10-11)19-14-8-6-5-7-13(14)17(3)4;1-11-7-6-10-14(15(11)17)18-13-9-5-4-8-12(13)16(2)3;1-11-8-9-13(17)15(10-11)18-14-7-5-4-6-12(14)16(2)3;1-15(2)11-7-3-5-9-13(11)17-14-10-6-4-8-12(14)16/h9-14,24-25H,1-8H3;2*7-12,21-22H,1-6H3;5-10,18-19H,1-4H3;2*4-10,17-18H,1-3H3;3-10,16-17H,1-2H3. The summed E-state index contributed by atoms with van der Waals surface area (Å²) in [4.78, 5) is 14.8. The fourth-order valence-electron chi connectivity index (χ4n) is 15.4. The first kappa shape index (κ1) is 116. The monoisotopic (exact) mass is 2020 g/mol. The van der Waals surface area contributed by atoms with Crippen molar-refractivity contribution in [1.82, 2.24) is 0 Å². The number of rotatable bonds is 21. The molecule has 21 heteroatoms. The van der Waals surface area contributed by atoms with E-state index in [1.807, 2.05) is 175 Å². The predicted molar refractivity (Wildman–Crippen MR) is 638 cm³/mol. The first-order valence-electron chi connectivity index (χ1n) is 47.6. The van der Waals surface area contributed by atoms with Crippen molar-refractivity contribution in [3.8, 4) is 40.2 Å². The summed E-state index contributed by atoms with van der Waals surface area (Å²) in [6.45, 7) is 38.3. The maximum Gasteiger partial charge on any atom is 0.127 e. The summed E-state index contributed by atoms with van der Waals surface area (Å²) in [5.41, 5.74) is 19.4. The molecule has 0 bridgehead atoms. The van der Waals surface area contributed by atoms with Gasteiger partial charge in [0.15, 0.2) is 0 Å². The summed E-state index contributed by atoms with van der Waals surface area (Å²) in [6, 6.07) is 94.6. The van der Waals surface area contributed by atoms with Crippen LogP contribution in [0.4, 0.5) is 39.8 Å². The number of hydrogen-bond donors (Lipinski definition) is 7. The van der Waals surface area contributed by atoms with Gasteiger partial charge in [-0.2, -0.15) is 0 Å². The molecule has 141 heavy (non-hydrogen) atoms. The molecule has 0 heterocycles. The van der Waals surface area contributed by atoms with E-state index >= 15 is 0 Å². The summed E-state index contributed by atoms with van der Waals surface area (Å²) in [5.74, 6) is 2.94. The van der Waals surface area contributed by atoms with Gasteiger partial charge >= 0.3 is 0 Å². The number of hydrogen-bond acceptors (Lipinski definition) is 14. The van der Waals surface area contributed by atoms with Gasteiger partial charge in [0.2, 0.25) is 0 Å². The lowest BCUT2D eigenvalue weighted by atomic mass is 9.80. The van der Waals surface area contributed by atoms with E-state index in [1.165, 1.54) is 105 Å². The molecule has 7 unspecified atom stereocenters. The van der Waals surface area contributed by atoms with Crippen LogP contribution in [-0.2, 0) is 21.7 Å². The molecule has 14 aromatic rings. The van der Waals surface area contributed by atoms with E-state index in [2.05, 4.69) is 349 Å². The highest BCUT2D eigenvalue weighted by Crippen LogP contribution is 2.40. The molecule has 7 atom stereocenters. The van der Waals surface area contributed by atoms with Gasteiger partial charge in [-0.15, -0.1) is 0 Å². The van der Waals surface area contributed by atoms with Crippen LogP contribution in [0.25, 0.3) is 0 Å². The molecular weight excluding hydrogens is 1870 g/mol. The highest BCUT2D eigenvalue weighted by atomic mass is 31.1. The molecule has 0 radical (unpaired) electrons. The summed E-state index contributed by atoms with van der Waals surface area (Å²) in [5, 5.41) is 88.1. The molecule has 0 aliphatic rings. The molecule has 14 aromatic carbocycles. The Hall–Kier alpha value is -10.7. The normalized spacial score (nSPS) is 11.7. The Morgan fingerprint density at radius 1 is 0.177 bits per heavy atom. The molecule has 748 valence electrons. The van der Waals surface area contributed by atoms with Gasteiger partial charge in [-0.1, -0.05) is 343 Å². The van der Waals surface area contributed by atoms with Gasteiger partial charge < -0.3 is 70.0 Å². The number of aromatic hydroxyl groups is 7. The van der Waals surface area contributed by atoms with E-state index in [9.17, 15) is 35.7 Å². The number of phenols is 7. The fraction of sp³-hybridized carbons (Fsp3) is 0.300. The molecule has 0 aliphatic carbocycles. The molecule has 7 N–H and O–H groups in total. The smallest absolute Gasteiger partial charge is 0.127 e. The second-order valence-corrected chi connectivity index (χ2v) is 50.4. The van der Waals surface area contributed by atoms with E-state index in [1.54, 1.807) is 12.1 Å². The van der Waals surface area contributed by atoms with Crippen molar-refractivity contribution >= 4 is 174 Å². The van der Waals surface area contributed by atoms with Crippen LogP contribution in [0.15, 0.2) is 279 Å². The van der Waals surface area contributed by atoms with Crippen LogP contribution in [0.2, 0.25) is 0 Å². The Morgan fingerprint density at radius 3 is 0.738 bits per heavy atom. The lowest BCUT2D eigenvalue weighted by Crippen LogP contribution is -2.22. The number of aryl methyl sites for hydroxylation is 6. The number of anilines is 7. The number of nitrogens with zero attached hydrogens (tertiary/aromatic N) is 7. The minimum absolute atomic E-state index is 0.0496. The van der Waals surface area contributed by atoms with Crippen molar-refractivity contribution in [2.75, 3.05) is 133 Å². The Morgan fingerprint density at radius 2 is 0.411 bits per heavy atom. The van der Waals surface area contributed by atoms with Crippen molar-refractivity contribution in [1.29, 1.82) is 0 Å². The van der Waals surface area contributed by atoms with Gasteiger partial charge in [-0.25, -0.2) is 0 Å². The summed E-state index contributed by atoms with van der Waals surface area (Å²) < 4.78 is 0. The third-order valence-electron chi connectivity index (χ3n) is 23.3. The minimum atomic E-state index is -0.0916. The lowest BCUT2D eigenvalue weighted by molar-refractivity contribution is 0.448. The average molecular weight is 2030 g/mol. The van der Waals surface area contributed by atoms with Crippen molar-refractivity contribution in [3.05, 3.63) is 335 Å². The highest BCUT2D eigenvalue weighted by molar-refractivity contribution is 7.58. The summed E-state index contributed by atoms with van der Waals surface area (Å²) in [7, 11) is 31.9. The zero-order valence-corrected chi connectivity index (χ0v) is 96.3. The van der Waals surface area contributed by atoms with Crippen LogP contribution in [0.3, 0.4) is 0 Å². The molecule has 0 fully saturated rings. The van der Waals surface area contributed by atoms with Crippen LogP contribution in [0.1, 0.15) is 139 Å². The zero-order chi connectivity index (χ0) is 104. The molecule has 0 aliphatic heterocycles. The maximum atomic E-state index is 11.0. The van der Waals surface area contributed by atoms with Crippen LogP contribution in [-0.4, -0.2) is 134 Å². The summed E-state index contributed by atoms with van der Waals surface area (Å²) >= 11 is 0. The first-order chi connectivity index (χ1) is 66.1. The number of phenolic OH excluding ortho intramolecular Hbond substituents is 7. The van der Waals surface area contributed by atoms with Gasteiger partial charge in [0.1, 0.15) is 40.2 Å². The number of para-hydroxylation sites is 9. The Kier molecular flexibility index (Phi) is 43.0. The summed E-state index contributed by atoms with van der Waals surface area (Å²) in [6.07, 6.45) is 0. The third-order valence-corrected chi connectivity index (χ3v) is 32.8. The maximum absolute atomic E-state index is 11.0. The second kappa shape index (κ2) is 52.5. The highest BCUT2D eigenvalue weighted by Gasteiger charge is 2.28. The van der Waals surface area contributed by atoms with E-state index in [0.717, 1.165) is 64.9 Å². The van der Waals surface area contributed by atoms with Crippen LogP contribution >= 0.6 is 60.1 Å². The topological polar surface area (TPSA) is 164 Å². The van der Waals surface area contributed by atoms with E-state index in [-0.39, 0.29) is 21.7 Å². The Labute approximate surface area is 858 Å². The molecular formula is C120H156N7O7P7. The van der Waals surface area contributed by atoms with Gasteiger partial charge in [-0.05, 0) is 187 Å².